The molecule has 5 N–H and O–H groups in total. The van der Waals surface area contributed by atoms with Crippen LogP contribution in [0.5, 0.6) is 0 Å². The first-order valence-corrected chi connectivity index (χ1v) is 11.5. The Morgan fingerprint density at radius 3 is 1.94 bits per heavy atom. The first-order chi connectivity index (χ1) is 15.8. The predicted molar refractivity (Wildman–Crippen MR) is 131 cm³/mol. The van der Waals surface area contributed by atoms with Gasteiger partial charge in [0.2, 0.25) is 17.7 Å². The Morgan fingerprint density at radius 2 is 1.36 bits per heavy atom. The van der Waals surface area contributed by atoms with E-state index in [1.165, 1.54) is 0 Å². The van der Waals surface area contributed by atoms with Gasteiger partial charge in [0, 0.05) is 5.69 Å². The van der Waals surface area contributed by atoms with Crippen LogP contribution < -0.4 is 21.7 Å². The number of nitrogens with two attached hydrogens (primary N) is 1. The molecule has 0 saturated carbocycles. The Balaban J connectivity index is 2.07. The first-order valence-electron chi connectivity index (χ1n) is 11.5. The zero-order valence-corrected chi connectivity index (χ0v) is 19.7. The minimum absolute atomic E-state index is 0.187. The molecule has 0 aliphatic rings. The fourth-order valence-corrected chi connectivity index (χ4v) is 3.45. The normalized spacial score (nSPS) is 13.6. The summed E-state index contributed by atoms with van der Waals surface area (Å²) in [4.78, 5) is 38.3. The quantitative estimate of drug-likeness (QED) is 0.396. The monoisotopic (exact) mass is 452 g/mol. The fraction of sp³-hybridized carbons (Fsp3) is 0.423. The molecule has 178 valence electrons. The summed E-state index contributed by atoms with van der Waals surface area (Å²) in [7, 11) is 0. The van der Waals surface area contributed by atoms with Gasteiger partial charge in [-0.25, -0.2) is 0 Å². The molecule has 0 aliphatic heterocycles. The van der Waals surface area contributed by atoms with Gasteiger partial charge < -0.3 is 21.7 Å². The van der Waals surface area contributed by atoms with Crippen LogP contribution in [0.3, 0.4) is 0 Å². The maximum atomic E-state index is 13.1. The fourth-order valence-electron chi connectivity index (χ4n) is 3.45. The average Bonchev–Trinajstić information content (AvgIpc) is 2.78. The standard InChI is InChI=1S/C26H36N4O3/c1-18(2)17-23(26(33)28-21-14-8-5-9-15-21)30-25(32)22(29-24(31)19(3)27)16-10-13-20-11-6-4-7-12-20/h4-9,11-12,14-15,18-19,22-23H,10,13,16-17,27H2,1-3H3,(H,28,33)(H,29,31)(H,30,32)/t19-,22+,23+/m1/s1. The van der Waals surface area contributed by atoms with Gasteiger partial charge in [0.15, 0.2) is 0 Å². The van der Waals surface area contributed by atoms with Crippen LogP contribution in [-0.4, -0.2) is 35.8 Å². The second kappa shape index (κ2) is 13.4. The predicted octanol–water partition coefficient (Wildman–Crippen LogP) is 3.01. The number of carbonyl (C=O) groups is 3. The van der Waals surface area contributed by atoms with Crippen molar-refractivity contribution in [2.45, 2.75) is 64.6 Å². The molecule has 2 aromatic rings. The highest BCUT2D eigenvalue weighted by molar-refractivity contribution is 5.98. The number of para-hydroxylation sites is 1. The smallest absolute Gasteiger partial charge is 0.246 e. The SMILES string of the molecule is CC(C)C[C@H](NC(=O)[C@H](CCCc1ccccc1)NC(=O)[C@@H](C)N)C(=O)Nc1ccccc1. The van der Waals surface area contributed by atoms with Crippen LogP contribution in [0.15, 0.2) is 60.7 Å². The Kier molecular flexibility index (Phi) is 10.6. The molecule has 0 unspecified atom stereocenters. The zero-order chi connectivity index (χ0) is 24.2. The summed E-state index contributed by atoms with van der Waals surface area (Å²) >= 11 is 0. The molecule has 7 heteroatoms. The molecule has 2 aromatic carbocycles. The number of anilines is 1. The molecule has 0 radical (unpaired) electrons. The Bertz CT molecular complexity index is 885. The number of aryl methyl sites for hydroxylation is 1. The number of carbonyl (C=O) groups excluding carboxylic acids is 3. The molecule has 0 aromatic heterocycles. The first kappa shape index (κ1) is 26.1. The maximum Gasteiger partial charge on any atom is 0.246 e. The summed E-state index contributed by atoms with van der Waals surface area (Å²) in [5, 5.41) is 8.45. The molecule has 0 heterocycles. The van der Waals surface area contributed by atoms with E-state index in [0.29, 0.717) is 24.9 Å². The lowest BCUT2D eigenvalue weighted by molar-refractivity contribution is -0.131. The number of benzene rings is 2. The van der Waals surface area contributed by atoms with Gasteiger partial charge in [0.05, 0.1) is 6.04 Å². The molecule has 0 fully saturated rings. The number of nitrogens with one attached hydrogen (secondary N) is 3. The molecule has 0 spiro atoms. The van der Waals surface area contributed by atoms with E-state index in [9.17, 15) is 14.4 Å². The van der Waals surface area contributed by atoms with Crippen molar-refractivity contribution >= 4 is 23.4 Å². The Morgan fingerprint density at radius 1 is 0.788 bits per heavy atom. The Labute approximate surface area is 196 Å². The highest BCUT2D eigenvalue weighted by Crippen LogP contribution is 2.12. The van der Waals surface area contributed by atoms with E-state index in [4.69, 9.17) is 5.73 Å². The third-order valence-corrected chi connectivity index (χ3v) is 5.23. The topological polar surface area (TPSA) is 113 Å². The van der Waals surface area contributed by atoms with E-state index in [1.807, 2.05) is 62.4 Å². The molecule has 7 nitrogen and oxygen atoms in total. The summed E-state index contributed by atoms with van der Waals surface area (Å²) in [5.41, 5.74) is 7.52. The van der Waals surface area contributed by atoms with Gasteiger partial charge >= 0.3 is 0 Å². The number of amides is 3. The van der Waals surface area contributed by atoms with E-state index in [0.717, 1.165) is 12.0 Å². The van der Waals surface area contributed by atoms with Crippen LogP contribution in [-0.2, 0) is 20.8 Å². The highest BCUT2D eigenvalue weighted by atomic mass is 16.2. The number of rotatable bonds is 12. The van der Waals surface area contributed by atoms with E-state index in [-0.39, 0.29) is 17.7 Å². The van der Waals surface area contributed by atoms with Crippen LogP contribution in [0, 0.1) is 5.92 Å². The molecular formula is C26H36N4O3. The van der Waals surface area contributed by atoms with Crippen molar-refractivity contribution in [1.29, 1.82) is 0 Å². The molecule has 3 atom stereocenters. The largest absolute Gasteiger partial charge is 0.343 e. The summed E-state index contributed by atoms with van der Waals surface area (Å²) in [6.45, 7) is 5.55. The van der Waals surface area contributed by atoms with Crippen molar-refractivity contribution in [1.82, 2.24) is 10.6 Å². The lowest BCUT2D eigenvalue weighted by Crippen LogP contribution is -2.54. The van der Waals surface area contributed by atoms with Crippen molar-refractivity contribution < 1.29 is 14.4 Å². The van der Waals surface area contributed by atoms with Crippen LogP contribution >= 0.6 is 0 Å². The number of hydrogen-bond acceptors (Lipinski definition) is 4. The molecule has 0 bridgehead atoms. The molecule has 0 aliphatic carbocycles. The lowest BCUT2D eigenvalue weighted by atomic mass is 10.0. The van der Waals surface area contributed by atoms with Gasteiger partial charge in [-0.15, -0.1) is 0 Å². The van der Waals surface area contributed by atoms with Gasteiger partial charge in [-0.2, -0.15) is 0 Å². The lowest BCUT2D eigenvalue weighted by Gasteiger charge is -2.25. The van der Waals surface area contributed by atoms with Crippen molar-refractivity contribution in [3.63, 3.8) is 0 Å². The van der Waals surface area contributed by atoms with E-state index >= 15 is 0 Å². The van der Waals surface area contributed by atoms with Gasteiger partial charge in [-0.05, 0) is 56.2 Å². The summed E-state index contributed by atoms with van der Waals surface area (Å²) < 4.78 is 0. The summed E-state index contributed by atoms with van der Waals surface area (Å²) in [5.74, 6) is -0.883. The van der Waals surface area contributed by atoms with Crippen LogP contribution in [0.1, 0.15) is 45.6 Å². The van der Waals surface area contributed by atoms with E-state index in [1.54, 1.807) is 19.1 Å². The molecule has 3 amide bonds. The molecule has 33 heavy (non-hydrogen) atoms. The Hall–Kier alpha value is -3.19. The van der Waals surface area contributed by atoms with Crippen molar-refractivity contribution in [3.05, 3.63) is 66.2 Å². The van der Waals surface area contributed by atoms with Crippen molar-refractivity contribution in [2.24, 2.45) is 11.7 Å². The van der Waals surface area contributed by atoms with Gasteiger partial charge in [-0.3, -0.25) is 14.4 Å². The highest BCUT2D eigenvalue weighted by Gasteiger charge is 2.28. The third kappa shape index (κ3) is 9.45. The maximum absolute atomic E-state index is 13.1. The van der Waals surface area contributed by atoms with Crippen LogP contribution in [0.2, 0.25) is 0 Å². The minimum Gasteiger partial charge on any atom is -0.343 e. The summed E-state index contributed by atoms with van der Waals surface area (Å²) in [6.07, 6.45) is 2.39. The van der Waals surface area contributed by atoms with Crippen LogP contribution in [0.4, 0.5) is 5.69 Å². The van der Waals surface area contributed by atoms with Crippen LogP contribution in [0.25, 0.3) is 0 Å². The minimum atomic E-state index is -0.772. The summed E-state index contributed by atoms with van der Waals surface area (Å²) in [6, 6.07) is 16.8. The van der Waals surface area contributed by atoms with Gasteiger partial charge in [0.1, 0.15) is 12.1 Å². The second-order valence-electron chi connectivity index (χ2n) is 8.77. The van der Waals surface area contributed by atoms with Gasteiger partial charge in [0.25, 0.3) is 0 Å². The van der Waals surface area contributed by atoms with Gasteiger partial charge in [-0.1, -0.05) is 62.4 Å². The average molecular weight is 453 g/mol. The molecule has 0 saturated heterocycles. The molecular weight excluding hydrogens is 416 g/mol. The number of hydrogen-bond donors (Lipinski definition) is 4. The molecule has 2 rings (SSSR count). The van der Waals surface area contributed by atoms with E-state index < -0.39 is 24.0 Å². The second-order valence-corrected chi connectivity index (χ2v) is 8.77. The third-order valence-electron chi connectivity index (χ3n) is 5.23. The van der Waals surface area contributed by atoms with Crippen molar-refractivity contribution in [2.75, 3.05) is 5.32 Å². The van der Waals surface area contributed by atoms with Crippen molar-refractivity contribution in [3.8, 4) is 0 Å². The van der Waals surface area contributed by atoms with E-state index in [2.05, 4.69) is 16.0 Å². The zero-order valence-electron chi connectivity index (χ0n) is 19.7.